The summed E-state index contributed by atoms with van der Waals surface area (Å²) in [7, 11) is 0. The molecule has 1 unspecified atom stereocenters. The number of fused-ring (bicyclic) bond motifs is 2. The van der Waals surface area contributed by atoms with Gasteiger partial charge in [0.05, 0.1) is 12.1 Å². The average Bonchev–Trinajstić information content (AvgIpc) is 3.20. The molecule has 0 saturated carbocycles. The van der Waals surface area contributed by atoms with Gasteiger partial charge in [0.2, 0.25) is 0 Å². The Morgan fingerprint density at radius 2 is 1.97 bits per heavy atom. The first kappa shape index (κ1) is 18.6. The molecule has 0 aliphatic carbocycles. The van der Waals surface area contributed by atoms with Crippen LogP contribution in [0.3, 0.4) is 0 Å². The van der Waals surface area contributed by atoms with Crippen LogP contribution in [-0.2, 0) is 25.9 Å². The number of piperidine rings is 1. The van der Waals surface area contributed by atoms with E-state index >= 15 is 0 Å². The molecule has 152 valence electrons. The Labute approximate surface area is 172 Å². The highest BCUT2D eigenvalue weighted by Crippen LogP contribution is 2.26. The van der Waals surface area contributed by atoms with Crippen molar-refractivity contribution in [3.63, 3.8) is 0 Å². The van der Waals surface area contributed by atoms with Crippen molar-refractivity contribution >= 4 is 16.7 Å². The van der Waals surface area contributed by atoms with E-state index in [0.717, 1.165) is 62.6 Å². The van der Waals surface area contributed by atoms with E-state index in [1.807, 2.05) is 0 Å². The highest BCUT2D eigenvalue weighted by molar-refractivity contribution is 5.81. The number of nitrogens with one attached hydrogen (secondary N) is 1. The molecule has 2 aliphatic heterocycles. The average molecular weight is 391 g/mol. The highest BCUT2D eigenvalue weighted by Gasteiger charge is 2.22. The fraction of sp³-hybridized carbons (Fsp3) is 0.522. The van der Waals surface area contributed by atoms with E-state index in [1.165, 1.54) is 36.0 Å². The van der Waals surface area contributed by atoms with Gasteiger partial charge in [-0.05, 0) is 37.8 Å². The van der Waals surface area contributed by atoms with Crippen molar-refractivity contribution in [2.75, 3.05) is 18.0 Å². The molecule has 5 rings (SSSR count). The van der Waals surface area contributed by atoms with Crippen molar-refractivity contribution in [3.8, 4) is 0 Å². The van der Waals surface area contributed by atoms with Gasteiger partial charge in [0.25, 0.3) is 0 Å². The van der Waals surface area contributed by atoms with Crippen LogP contribution in [-0.4, -0.2) is 38.9 Å². The Morgan fingerprint density at radius 3 is 2.83 bits per heavy atom. The van der Waals surface area contributed by atoms with Gasteiger partial charge in [0.1, 0.15) is 11.6 Å². The smallest absolute Gasteiger partial charge is 0.150 e. The number of pyridine rings is 1. The van der Waals surface area contributed by atoms with Crippen molar-refractivity contribution in [1.82, 2.24) is 25.1 Å². The number of hydrogen-bond donors (Lipinski definition) is 1. The molecule has 0 bridgehead atoms. The third-order valence-corrected chi connectivity index (χ3v) is 6.23. The first-order valence-electron chi connectivity index (χ1n) is 11.1. The maximum atomic E-state index is 5.07. The summed E-state index contributed by atoms with van der Waals surface area (Å²) in [6, 6.07) is 11.2. The van der Waals surface area contributed by atoms with Crippen LogP contribution in [0.1, 0.15) is 49.8 Å². The van der Waals surface area contributed by atoms with Crippen LogP contribution >= 0.6 is 0 Å². The first-order chi connectivity index (χ1) is 14.3. The Bertz CT molecular complexity index is 988. The Hall–Kier alpha value is -2.47. The predicted molar refractivity (Wildman–Crippen MR) is 116 cm³/mol. The third-order valence-electron chi connectivity index (χ3n) is 6.23. The van der Waals surface area contributed by atoms with Gasteiger partial charge in [-0.2, -0.15) is 5.10 Å². The second kappa shape index (κ2) is 8.11. The van der Waals surface area contributed by atoms with E-state index in [1.54, 1.807) is 0 Å². The van der Waals surface area contributed by atoms with Crippen LogP contribution in [0.15, 0.2) is 30.3 Å². The number of benzene rings is 1. The summed E-state index contributed by atoms with van der Waals surface area (Å²) in [5, 5.41) is 9.67. The molecule has 6 heteroatoms. The number of nitrogens with zero attached hydrogens (tertiary/aromatic N) is 5. The van der Waals surface area contributed by atoms with Crippen LogP contribution in [0.4, 0.5) is 5.82 Å². The number of anilines is 1. The Kier molecular flexibility index (Phi) is 5.19. The molecule has 0 radical (unpaired) electrons. The number of hydrogen-bond acceptors (Lipinski definition) is 5. The van der Waals surface area contributed by atoms with Crippen molar-refractivity contribution in [2.24, 2.45) is 0 Å². The predicted octanol–water partition coefficient (Wildman–Crippen LogP) is 3.48. The number of aryl methyl sites for hydroxylation is 2. The molecule has 4 heterocycles. The fourth-order valence-electron chi connectivity index (χ4n) is 4.59. The molecule has 1 fully saturated rings. The van der Waals surface area contributed by atoms with Crippen molar-refractivity contribution < 1.29 is 0 Å². The van der Waals surface area contributed by atoms with E-state index in [-0.39, 0.29) is 0 Å². The molecule has 6 nitrogen and oxygen atoms in total. The van der Waals surface area contributed by atoms with Crippen LogP contribution in [0.2, 0.25) is 0 Å². The van der Waals surface area contributed by atoms with Crippen LogP contribution in [0.25, 0.3) is 10.9 Å². The van der Waals surface area contributed by atoms with Crippen LogP contribution in [0.5, 0.6) is 0 Å². The van der Waals surface area contributed by atoms with Crippen molar-refractivity contribution in [3.05, 3.63) is 47.5 Å². The lowest BCUT2D eigenvalue weighted by Gasteiger charge is -2.30. The maximum Gasteiger partial charge on any atom is 0.150 e. The molecule has 0 spiro atoms. The zero-order valence-electron chi connectivity index (χ0n) is 17.3. The normalized spacial score (nSPS) is 19.5. The molecule has 0 amide bonds. The highest BCUT2D eigenvalue weighted by atomic mass is 15.4. The van der Waals surface area contributed by atoms with Gasteiger partial charge >= 0.3 is 0 Å². The lowest BCUT2D eigenvalue weighted by Crippen LogP contribution is -2.38. The van der Waals surface area contributed by atoms with E-state index in [9.17, 15) is 0 Å². The summed E-state index contributed by atoms with van der Waals surface area (Å²) >= 11 is 0. The SMILES string of the molecule is CCc1nc2n(n1)CC(NCc1cc3ccccc3nc1N1CCCCC1)CC2. The van der Waals surface area contributed by atoms with E-state index in [0.29, 0.717) is 6.04 Å². The summed E-state index contributed by atoms with van der Waals surface area (Å²) < 4.78 is 2.10. The first-order valence-corrected chi connectivity index (χ1v) is 11.1. The minimum atomic E-state index is 0.426. The minimum Gasteiger partial charge on any atom is -0.356 e. The molecule has 1 saturated heterocycles. The molecule has 1 atom stereocenters. The third kappa shape index (κ3) is 3.86. The minimum absolute atomic E-state index is 0.426. The molecule has 2 aromatic heterocycles. The summed E-state index contributed by atoms with van der Waals surface area (Å²) in [6.45, 7) is 6.10. The van der Waals surface area contributed by atoms with Crippen LogP contribution < -0.4 is 10.2 Å². The molecule has 2 aliphatic rings. The van der Waals surface area contributed by atoms with Gasteiger partial charge < -0.3 is 10.2 Å². The van der Waals surface area contributed by atoms with Crippen molar-refractivity contribution in [2.45, 2.75) is 64.6 Å². The topological polar surface area (TPSA) is 58.9 Å². The van der Waals surface area contributed by atoms with Gasteiger partial charge in [-0.3, -0.25) is 0 Å². The van der Waals surface area contributed by atoms with Crippen molar-refractivity contribution in [1.29, 1.82) is 0 Å². The molecule has 1 aromatic carbocycles. The second-order valence-electron chi connectivity index (χ2n) is 8.31. The van der Waals surface area contributed by atoms with E-state index < -0.39 is 0 Å². The second-order valence-corrected chi connectivity index (χ2v) is 8.31. The number of para-hydroxylation sites is 1. The molecular weight excluding hydrogens is 360 g/mol. The lowest BCUT2D eigenvalue weighted by molar-refractivity contribution is 0.357. The van der Waals surface area contributed by atoms with E-state index in [2.05, 4.69) is 62.2 Å². The largest absolute Gasteiger partial charge is 0.356 e. The summed E-state index contributed by atoms with van der Waals surface area (Å²) in [4.78, 5) is 12.2. The van der Waals surface area contributed by atoms with Gasteiger partial charge in [-0.1, -0.05) is 25.1 Å². The molecule has 1 N–H and O–H groups in total. The summed E-state index contributed by atoms with van der Waals surface area (Å²) in [6.07, 6.45) is 6.87. The quantitative estimate of drug-likeness (QED) is 0.723. The lowest BCUT2D eigenvalue weighted by atomic mass is 10.1. The van der Waals surface area contributed by atoms with E-state index in [4.69, 9.17) is 4.98 Å². The molecule has 29 heavy (non-hydrogen) atoms. The van der Waals surface area contributed by atoms with Crippen LogP contribution in [0, 0.1) is 0 Å². The standard InChI is InChI=1S/C23H30N6/c1-2-21-26-22-11-10-19(16-29(22)27-21)24-15-18-14-17-8-4-5-9-20(17)25-23(18)28-12-6-3-7-13-28/h4-5,8-9,14,19,24H,2-3,6-7,10-13,15-16H2,1H3. The van der Waals surface area contributed by atoms with Gasteiger partial charge in [0.15, 0.2) is 5.82 Å². The monoisotopic (exact) mass is 390 g/mol. The fourth-order valence-corrected chi connectivity index (χ4v) is 4.59. The van der Waals surface area contributed by atoms with Gasteiger partial charge in [-0.15, -0.1) is 0 Å². The maximum absolute atomic E-state index is 5.07. The molecule has 3 aromatic rings. The van der Waals surface area contributed by atoms with Gasteiger partial charge in [0, 0.05) is 49.5 Å². The summed E-state index contributed by atoms with van der Waals surface area (Å²) in [5.74, 6) is 3.27. The Balaban J connectivity index is 1.36. The zero-order chi connectivity index (χ0) is 19.6. The summed E-state index contributed by atoms with van der Waals surface area (Å²) in [5.41, 5.74) is 2.40. The number of aromatic nitrogens is 4. The Morgan fingerprint density at radius 1 is 1.10 bits per heavy atom. The zero-order valence-corrected chi connectivity index (χ0v) is 17.3. The molecular formula is C23H30N6. The number of rotatable bonds is 5. The van der Waals surface area contributed by atoms with Gasteiger partial charge in [-0.25, -0.2) is 14.6 Å².